The first kappa shape index (κ1) is 13.0. The standard InChI is InChI=1S/C13H28N2/c1-4-5-6-9-13(2,11-14)15(3)10-12-7-8-12/h12H,4-11,14H2,1-3H3. The fourth-order valence-electron chi connectivity index (χ4n) is 2.11. The zero-order valence-electron chi connectivity index (χ0n) is 10.8. The normalized spacial score (nSPS) is 20.6. The van der Waals surface area contributed by atoms with E-state index in [1.807, 2.05) is 0 Å². The van der Waals surface area contributed by atoms with Crippen LogP contribution >= 0.6 is 0 Å². The van der Waals surface area contributed by atoms with Crippen LogP contribution in [0.25, 0.3) is 0 Å². The number of nitrogens with zero attached hydrogens (tertiary/aromatic N) is 1. The second kappa shape index (κ2) is 5.86. The summed E-state index contributed by atoms with van der Waals surface area (Å²) in [5.41, 5.74) is 6.18. The molecule has 15 heavy (non-hydrogen) atoms. The SMILES string of the molecule is CCCCCC(C)(CN)N(C)CC1CC1. The van der Waals surface area contributed by atoms with Gasteiger partial charge in [0, 0.05) is 18.6 Å². The average Bonchev–Trinajstić information content (AvgIpc) is 3.01. The first-order valence-electron chi connectivity index (χ1n) is 6.53. The highest BCUT2D eigenvalue weighted by Crippen LogP contribution is 2.32. The summed E-state index contributed by atoms with van der Waals surface area (Å²) in [6.45, 7) is 6.62. The maximum absolute atomic E-state index is 5.94. The number of nitrogens with two attached hydrogens (primary N) is 1. The van der Waals surface area contributed by atoms with Crippen molar-refractivity contribution in [1.82, 2.24) is 4.90 Å². The Kier molecular flexibility index (Phi) is 5.07. The van der Waals surface area contributed by atoms with E-state index in [1.165, 1.54) is 45.1 Å². The van der Waals surface area contributed by atoms with Gasteiger partial charge >= 0.3 is 0 Å². The molecule has 90 valence electrons. The molecular weight excluding hydrogens is 184 g/mol. The predicted octanol–water partition coefficient (Wildman–Crippen LogP) is 2.63. The van der Waals surface area contributed by atoms with Crippen LogP contribution in [0.1, 0.15) is 52.4 Å². The van der Waals surface area contributed by atoms with Gasteiger partial charge in [-0.3, -0.25) is 4.90 Å². The number of hydrogen-bond acceptors (Lipinski definition) is 2. The molecule has 0 aromatic carbocycles. The Labute approximate surface area is 95.2 Å². The van der Waals surface area contributed by atoms with Crippen molar-refractivity contribution in [2.75, 3.05) is 20.1 Å². The van der Waals surface area contributed by atoms with Crippen LogP contribution < -0.4 is 5.73 Å². The van der Waals surface area contributed by atoms with Gasteiger partial charge < -0.3 is 5.73 Å². The largest absolute Gasteiger partial charge is 0.329 e. The van der Waals surface area contributed by atoms with Crippen molar-refractivity contribution >= 4 is 0 Å². The number of rotatable bonds is 8. The van der Waals surface area contributed by atoms with E-state index in [1.54, 1.807) is 0 Å². The van der Waals surface area contributed by atoms with E-state index < -0.39 is 0 Å². The first-order chi connectivity index (χ1) is 7.12. The van der Waals surface area contributed by atoms with Crippen LogP contribution in [0.3, 0.4) is 0 Å². The lowest BCUT2D eigenvalue weighted by molar-refractivity contribution is 0.125. The van der Waals surface area contributed by atoms with E-state index in [0.717, 1.165) is 12.5 Å². The second-order valence-corrected chi connectivity index (χ2v) is 5.48. The van der Waals surface area contributed by atoms with Crippen molar-refractivity contribution in [3.63, 3.8) is 0 Å². The molecule has 0 radical (unpaired) electrons. The molecule has 1 unspecified atom stereocenters. The van der Waals surface area contributed by atoms with Gasteiger partial charge in [0.1, 0.15) is 0 Å². The Hall–Kier alpha value is -0.0800. The molecule has 1 fully saturated rings. The predicted molar refractivity (Wildman–Crippen MR) is 67.0 cm³/mol. The van der Waals surface area contributed by atoms with Gasteiger partial charge in [-0.2, -0.15) is 0 Å². The van der Waals surface area contributed by atoms with E-state index in [9.17, 15) is 0 Å². The molecule has 0 aromatic heterocycles. The summed E-state index contributed by atoms with van der Waals surface area (Å²) in [4.78, 5) is 2.50. The highest BCUT2D eigenvalue weighted by Gasteiger charge is 2.31. The topological polar surface area (TPSA) is 29.3 Å². The van der Waals surface area contributed by atoms with Gasteiger partial charge in [0.15, 0.2) is 0 Å². The third-order valence-electron chi connectivity index (χ3n) is 3.91. The Morgan fingerprint density at radius 1 is 1.33 bits per heavy atom. The van der Waals surface area contributed by atoms with E-state index in [0.29, 0.717) is 0 Å². The second-order valence-electron chi connectivity index (χ2n) is 5.48. The summed E-state index contributed by atoms with van der Waals surface area (Å²) < 4.78 is 0. The molecule has 0 bridgehead atoms. The molecule has 0 saturated heterocycles. The summed E-state index contributed by atoms with van der Waals surface area (Å²) in [6.07, 6.45) is 8.07. The van der Waals surface area contributed by atoms with E-state index in [2.05, 4.69) is 25.8 Å². The van der Waals surface area contributed by atoms with Crippen LogP contribution in [0.2, 0.25) is 0 Å². The molecule has 2 N–H and O–H groups in total. The molecule has 2 nitrogen and oxygen atoms in total. The molecule has 0 aromatic rings. The Morgan fingerprint density at radius 3 is 2.47 bits per heavy atom. The minimum absolute atomic E-state index is 0.234. The van der Waals surface area contributed by atoms with Gasteiger partial charge in [-0.05, 0) is 39.2 Å². The van der Waals surface area contributed by atoms with Crippen LogP contribution in [-0.4, -0.2) is 30.6 Å². The maximum atomic E-state index is 5.94. The van der Waals surface area contributed by atoms with Crippen molar-refractivity contribution in [3.05, 3.63) is 0 Å². The van der Waals surface area contributed by atoms with Gasteiger partial charge in [-0.1, -0.05) is 26.2 Å². The molecular formula is C13H28N2. The molecule has 1 aliphatic carbocycles. The van der Waals surface area contributed by atoms with Crippen molar-refractivity contribution in [2.24, 2.45) is 11.7 Å². The molecule has 1 saturated carbocycles. The summed E-state index contributed by atoms with van der Waals surface area (Å²) >= 11 is 0. The Morgan fingerprint density at radius 2 is 2.00 bits per heavy atom. The van der Waals surface area contributed by atoms with Gasteiger partial charge in [-0.25, -0.2) is 0 Å². The Bertz CT molecular complexity index is 177. The van der Waals surface area contributed by atoms with E-state index in [-0.39, 0.29) is 5.54 Å². The van der Waals surface area contributed by atoms with E-state index >= 15 is 0 Å². The van der Waals surface area contributed by atoms with Crippen LogP contribution in [0, 0.1) is 5.92 Å². The van der Waals surface area contributed by atoms with E-state index in [4.69, 9.17) is 5.73 Å². The third-order valence-corrected chi connectivity index (χ3v) is 3.91. The lowest BCUT2D eigenvalue weighted by Crippen LogP contribution is -2.50. The molecule has 1 atom stereocenters. The maximum Gasteiger partial charge on any atom is 0.0300 e. The van der Waals surface area contributed by atoms with Crippen molar-refractivity contribution in [2.45, 2.75) is 57.9 Å². The van der Waals surface area contributed by atoms with Gasteiger partial charge in [0.05, 0.1) is 0 Å². The van der Waals surface area contributed by atoms with Gasteiger partial charge in [0.25, 0.3) is 0 Å². The van der Waals surface area contributed by atoms with Crippen molar-refractivity contribution < 1.29 is 0 Å². The molecule has 0 amide bonds. The van der Waals surface area contributed by atoms with Crippen LogP contribution in [0.4, 0.5) is 0 Å². The summed E-state index contributed by atoms with van der Waals surface area (Å²) in [5.74, 6) is 0.965. The lowest BCUT2D eigenvalue weighted by atomic mass is 9.92. The molecule has 1 rings (SSSR count). The first-order valence-corrected chi connectivity index (χ1v) is 6.53. The quantitative estimate of drug-likeness (QED) is 0.627. The fourth-order valence-corrected chi connectivity index (χ4v) is 2.11. The third kappa shape index (κ3) is 4.12. The summed E-state index contributed by atoms with van der Waals surface area (Å²) in [7, 11) is 2.25. The highest BCUT2D eigenvalue weighted by atomic mass is 15.2. The summed E-state index contributed by atoms with van der Waals surface area (Å²) in [5, 5.41) is 0. The lowest BCUT2D eigenvalue weighted by Gasteiger charge is -2.38. The average molecular weight is 212 g/mol. The zero-order valence-corrected chi connectivity index (χ0v) is 10.8. The van der Waals surface area contributed by atoms with Crippen LogP contribution in [0.15, 0.2) is 0 Å². The molecule has 0 aliphatic heterocycles. The fraction of sp³-hybridized carbons (Fsp3) is 1.00. The van der Waals surface area contributed by atoms with Gasteiger partial charge in [0.2, 0.25) is 0 Å². The number of likely N-dealkylation sites (N-methyl/N-ethyl adjacent to an activating group) is 1. The summed E-state index contributed by atoms with van der Waals surface area (Å²) in [6, 6.07) is 0. The Balaban J connectivity index is 2.33. The molecule has 2 heteroatoms. The van der Waals surface area contributed by atoms with Crippen molar-refractivity contribution in [3.8, 4) is 0 Å². The number of hydrogen-bond donors (Lipinski definition) is 1. The zero-order chi connectivity index (χ0) is 11.3. The molecule has 0 heterocycles. The minimum atomic E-state index is 0.234. The highest BCUT2D eigenvalue weighted by molar-refractivity contribution is 4.88. The van der Waals surface area contributed by atoms with Crippen molar-refractivity contribution in [1.29, 1.82) is 0 Å². The molecule has 0 spiro atoms. The van der Waals surface area contributed by atoms with Crippen LogP contribution in [-0.2, 0) is 0 Å². The van der Waals surface area contributed by atoms with Gasteiger partial charge in [-0.15, -0.1) is 0 Å². The monoisotopic (exact) mass is 212 g/mol. The minimum Gasteiger partial charge on any atom is -0.329 e. The number of unbranched alkanes of at least 4 members (excludes halogenated alkanes) is 2. The van der Waals surface area contributed by atoms with Crippen LogP contribution in [0.5, 0.6) is 0 Å². The smallest absolute Gasteiger partial charge is 0.0300 e. The molecule has 1 aliphatic rings.